The Labute approximate surface area is 115 Å². The van der Waals surface area contributed by atoms with Crippen molar-refractivity contribution in [1.29, 1.82) is 0 Å². The van der Waals surface area contributed by atoms with E-state index < -0.39 is 0 Å². The van der Waals surface area contributed by atoms with Crippen LogP contribution in [0.15, 0.2) is 29.2 Å². The highest BCUT2D eigenvalue weighted by Gasteiger charge is 2.26. The summed E-state index contributed by atoms with van der Waals surface area (Å²) in [7, 11) is 2.33. The Hall–Kier alpha value is -0.470. The molecule has 0 spiro atoms. The van der Waals surface area contributed by atoms with E-state index in [1.807, 2.05) is 0 Å². The van der Waals surface area contributed by atoms with Crippen LogP contribution in [-0.2, 0) is 6.42 Å². The van der Waals surface area contributed by atoms with Crippen LogP contribution in [0.1, 0.15) is 37.7 Å². The number of nitrogens with zero attached hydrogens (tertiary/aromatic N) is 1. The monoisotopic (exact) mass is 261 g/mol. The Morgan fingerprint density at radius 3 is 2.72 bits per heavy atom. The third kappa shape index (κ3) is 2.75. The molecular formula is C16H23NS. The Bertz CT molecular complexity index is 373. The molecule has 0 N–H and O–H groups in total. The number of hydrogen-bond acceptors (Lipinski definition) is 2. The number of hydrogen-bond donors (Lipinski definition) is 0. The van der Waals surface area contributed by atoms with Gasteiger partial charge in [0.2, 0.25) is 0 Å². The molecule has 2 heteroatoms. The summed E-state index contributed by atoms with van der Waals surface area (Å²) < 4.78 is 0. The van der Waals surface area contributed by atoms with Crippen LogP contribution in [-0.4, -0.2) is 29.8 Å². The summed E-state index contributed by atoms with van der Waals surface area (Å²) in [5, 5.41) is 0.773. The maximum Gasteiger partial charge on any atom is 0.0263 e. The first kappa shape index (κ1) is 12.6. The van der Waals surface area contributed by atoms with Gasteiger partial charge < -0.3 is 4.90 Å². The normalized spacial score (nSPS) is 24.4. The molecule has 1 atom stereocenters. The highest BCUT2D eigenvalue weighted by molar-refractivity contribution is 8.00. The second-order valence-electron chi connectivity index (χ2n) is 5.78. The summed E-state index contributed by atoms with van der Waals surface area (Å²) in [5.41, 5.74) is 1.56. The molecule has 1 aliphatic heterocycles. The molecule has 3 rings (SSSR count). The first-order chi connectivity index (χ1) is 8.83. The van der Waals surface area contributed by atoms with Crippen LogP contribution >= 0.6 is 11.8 Å². The first-order valence-electron chi connectivity index (χ1n) is 7.28. The van der Waals surface area contributed by atoms with Crippen LogP contribution in [0.4, 0.5) is 0 Å². The fourth-order valence-corrected chi connectivity index (χ4v) is 4.74. The van der Waals surface area contributed by atoms with E-state index in [4.69, 9.17) is 0 Å². The Kier molecular flexibility index (Phi) is 3.95. The minimum atomic E-state index is 0.773. The van der Waals surface area contributed by atoms with Crippen molar-refractivity contribution in [3.05, 3.63) is 29.8 Å². The van der Waals surface area contributed by atoms with Crippen molar-refractivity contribution in [2.75, 3.05) is 13.6 Å². The van der Waals surface area contributed by atoms with Gasteiger partial charge in [-0.05, 0) is 37.9 Å². The lowest BCUT2D eigenvalue weighted by Crippen LogP contribution is -2.37. The quantitative estimate of drug-likeness (QED) is 0.810. The lowest BCUT2D eigenvalue weighted by molar-refractivity contribution is 0.192. The standard InChI is InChI=1S/C16H23NS/c1-17(14-8-3-2-4-9-14)12-15-11-13-7-5-6-10-16(13)18-15/h5-7,10,14-15H,2-4,8-9,11-12H2,1H3. The van der Waals surface area contributed by atoms with Gasteiger partial charge in [-0.15, -0.1) is 11.8 Å². The summed E-state index contributed by atoms with van der Waals surface area (Å²) in [4.78, 5) is 4.14. The van der Waals surface area contributed by atoms with Crippen molar-refractivity contribution in [3.8, 4) is 0 Å². The van der Waals surface area contributed by atoms with Gasteiger partial charge in [0.25, 0.3) is 0 Å². The zero-order valence-electron chi connectivity index (χ0n) is 11.3. The van der Waals surface area contributed by atoms with E-state index in [0.29, 0.717) is 0 Å². The van der Waals surface area contributed by atoms with Gasteiger partial charge in [-0.3, -0.25) is 0 Å². The minimum absolute atomic E-state index is 0.773. The molecule has 1 unspecified atom stereocenters. The average molecular weight is 261 g/mol. The SMILES string of the molecule is CN(CC1Cc2ccccc2S1)C1CCCCC1. The van der Waals surface area contributed by atoms with E-state index in [9.17, 15) is 0 Å². The van der Waals surface area contributed by atoms with Gasteiger partial charge in [0.1, 0.15) is 0 Å². The average Bonchev–Trinajstić information content (AvgIpc) is 2.82. The molecule has 1 aromatic rings. The molecule has 18 heavy (non-hydrogen) atoms. The maximum absolute atomic E-state index is 2.63. The van der Waals surface area contributed by atoms with Gasteiger partial charge in [-0.1, -0.05) is 37.5 Å². The zero-order chi connectivity index (χ0) is 12.4. The number of benzene rings is 1. The lowest BCUT2D eigenvalue weighted by atomic mass is 9.94. The van der Waals surface area contributed by atoms with Crippen molar-refractivity contribution in [1.82, 2.24) is 4.90 Å². The van der Waals surface area contributed by atoms with Gasteiger partial charge in [0, 0.05) is 22.7 Å². The van der Waals surface area contributed by atoms with Crippen molar-refractivity contribution in [2.24, 2.45) is 0 Å². The third-order valence-electron chi connectivity index (χ3n) is 4.40. The Morgan fingerprint density at radius 1 is 1.17 bits per heavy atom. The summed E-state index contributed by atoms with van der Waals surface area (Å²) in [6.07, 6.45) is 8.42. The van der Waals surface area contributed by atoms with Gasteiger partial charge in [-0.2, -0.15) is 0 Å². The van der Waals surface area contributed by atoms with E-state index in [-0.39, 0.29) is 0 Å². The van der Waals surface area contributed by atoms with Gasteiger partial charge in [0.15, 0.2) is 0 Å². The molecule has 1 heterocycles. The molecule has 1 aromatic carbocycles. The molecule has 1 fully saturated rings. The Balaban J connectivity index is 1.55. The van der Waals surface area contributed by atoms with Gasteiger partial charge >= 0.3 is 0 Å². The van der Waals surface area contributed by atoms with Crippen LogP contribution in [0, 0.1) is 0 Å². The highest BCUT2D eigenvalue weighted by atomic mass is 32.2. The zero-order valence-corrected chi connectivity index (χ0v) is 12.1. The largest absolute Gasteiger partial charge is 0.302 e. The molecule has 1 saturated carbocycles. The number of fused-ring (bicyclic) bond motifs is 1. The fraction of sp³-hybridized carbons (Fsp3) is 0.625. The second kappa shape index (κ2) is 5.66. The predicted octanol–water partition coefficient (Wildman–Crippen LogP) is 3.97. The van der Waals surface area contributed by atoms with Gasteiger partial charge in [-0.25, -0.2) is 0 Å². The summed E-state index contributed by atoms with van der Waals surface area (Å²) in [6.45, 7) is 1.25. The van der Waals surface area contributed by atoms with E-state index in [0.717, 1.165) is 11.3 Å². The molecule has 98 valence electrons. The van der Waals surface area contributed by atoms with Gasteiger partial charge in [0.05, 0.1) is 0 Å². The molecule has 1 nitrogen and oxygen atoms in total. The smallest absolute Gasteiger partial charge is 0.0263 e. The summed E-state index contributed by atoms with van der Waals surface area (Å²) >= 11 is 2.09. The maximum atomic E-state index is 2.63. The van der Waals surface area contributed by atoms with Crippen LogP contribution in [0.5, 0.6) is 0 Å². The fourth-order valence-electron chi connectivity index (χ4n) is 3.35. The molecule has 0 amide bonds. The van der Waals surface area contributed by atoms with Crippen LogP contribution in [0.3, 0.4) is 0 Å². The molecule has 0 saturated heterocycles. The van der Waals surface area contributed by atoms with Crippen molar-refractivity contribution in [2.45, 2.75) is 54.7 Å². The van der Waals surface area contributed by atoms with E-state index in [1.54, 1.807) is 5.56 Å². The summed E-state index contributed by atoms with van der Waals surface area (Å²) in [5.74, 6) is 0. The van der Waals surface area contributed by atoms with Crippen LogP contribution in [0.2, 0.25) is 0 Å². The topological polar surface area (TPSA) is 3.24 Å². The van der Waals surface area contributed by atoms with Crippen LogP contribution < -0.4 is 0 Å². The first-order valence-corrected chi connectivity index (χ1v) is 8.16. The third-order valence-corrected chi connectivity index (χ3v) is 5.70. The molecule has 1 aliphatic carbocycles. The summed E-state index contributed by atoms with van der Waals surface area (Å²) in [6, 6.07) is 9.76. The molecule has 0 bridgehead atoms. The van der Waals surface area contributed by atoms with Crippen molar-refractivity contribution < 1.29 is 0 Å². The van der Waals surface area contributed by atoms with Crippen molar-refractivity contribution >= 4 is 11.8 Å². The lowest BCUT2D eigenvalue weighted by Gasteiger charge is -2.32. The van der Waals surface area contributed by atoms with E-state index >= 15 is 0 Å². The molecular weight excluding hydrogens is 238 g/mol. The van der Waals surface area contributed by atoms with Crippen LogP contribution in [0.25, 0.3) is 0 Å². The highest BCUT2D eigenvalue weighted by Crippen LogP contribution is 2.37. The van der Waals surface area contributed by atoms with Crippen molar-refractivity contribution in [3.63, 3.8) is 0 Å². The molecule has 0 aromatic heterocycles. The number of thioether (sulfide) groups is 1. The molecule has 0 radical (unpaired) electrons. The van der Waals surface area contributed by atoms with E-state index in [2.05, 4.69) is 48.0 Å². The Morgan fingerprint density at radius 2 is 1.94 bits per heavy atom. The van der Waals surface area contributed by atoms with E-state index in [1.165, 1.54) is 50.0 Å². The molecule has 2 aliphatic rings. The second-order valence-corrected chi connectivity index (χ2v) is 7.13. The predicted molar refractivity (Wildman–Crippen MR) is 79.3 cm³/mol. The minimum Gasteiger partial charge on any atom is -0.302 e. The number of rotatable bonds is 3.